The largest absolute Gasteiger partial charge is 0.383 e. The topological polar surface area (TPSA) is 85.2 Å². The number of hydrogen-bond donors (Lipinski definition) is 2. The van der Waals surface area contributed by atoms with E-state index in [0.717, 1.165) is 24.1 Å². The zero-order valence-electron chi connectivity index (χ0n) is 15.3. The van der Waals surface area contributed by atoms with Crippen molar-refractivity contribution in [3.8, 4) is 0 Å². The lowest BCUT2D eigenvalue weighted by atomic mass is 10.1. The van der Waals surface area contributed by atoms with E-state index < -0.39 is 0 Å². The van der Waals surface area contributed by atoms with Gasteiger partial charge in [-0.05, 0) is 37.0 Å². The molecule has 0 unspecified atom stereocenters. The summed E-state index contributed by atoms with van der Waals surface area (Å²) in [6, 6.07) is 5.93. The first-order valence-electron chi connectivity index (χ1n) is 8.99. The van der Waals surface area contributed by atoms with Gasteiger partial charge in [0.2, 0.25) is 0 Å². The van der Waals surface area contributed by atoms with Crippen molar-refractivity contribution in [1.82, 2.24) is 20.2 Å². The summed E-state index contributed by atoms with van der Waals surface area (Å²) in [6.07, 6.45) is 2.61. The number of benzene rings is 1. The Bertz CT molecular complexity index is 817. The highest BCUT2D eigenvalue weighted by molar-refractivity contribution is 5.97. The normalized spacial score (nSPS) is 13.1. The summed E-state index contributed by atoms with van der Waals surface area (Å²) in [6.45, 7) is 1.71. The molecule has 0 atom stereocenters. The molecule has 1 aliphatic rings. The zero-order chi connectivity index (χ0) is 19.2. The molecule has 3 rings (SSSR count). The van der Waals surface area contributed by atoms with Crippen molar-refractivity contribution in [2.45, 2.75) is 32.4 Å². The minimum Gasteiger partial charge on any atom is -0.383 e. The molecule has 1 aromatic carbocycles. The molecule has 144 valence electrons. The predicted octanol–water partition coefficient (Wildman–Crippen LogP) is 1.66. The number of nitrogens with zero attached hydrogens (tertiary/aromatic N) is 2. The number of fused-ring (bicyclic) bond motifs is 1. The molecule has 2 aromatic rings. The van der Waals surface area contributed by atoms with Crippen LogP contribution >= 0.6 is 0 Å². The highest BCUT2D eigenvalue weighted by Gasteiger charge is 2.27. The summed E-state index contributed by atoms with van der Waals surface area (Å²) < 4.78 is 19.7. The molecular weight excluding hydrogens is 351 g/mol. The SMILES string of the molecule is COCCNC(=O)c1nc(C(=O)NCc2ccc(F)cc2)n2c1CCCC2. The fourth-order valence-electron chi connectivity index (χ4n) is 3.11. The monoisotopic (exact) mass is 374 g/mol. The van der Waals surface area contributed by atoms with E-state index >= 15 is 0 Å². The number of rotatable bonds is 7. The molecular formula is C19H23FN4O3. The zero-order valence-corrected chi connectivity index (χ0v) is 15.3. The average molecular weight is 374 g/mol. The lowest BCUT2D eigenvalue weighted by Crippen LogP contribution is -2.28. The fraction of sp³-hybridized carbons (Fsp3) is 0.421. The number of hydrogen-bond acceptors (Lipinski definition) is 4. The van der Waals surface area contributed by atoms with E-state index in [0.29, 0.717) is 31.8 Å². The lowest BCUT2D eigenvalue weighted by molar-refractivity contribution is 0.0931. The van der Waals surface area contributed by atoms with Crippen molar-refractivity contribution in [3.63, 3.8) is 0 Å². The smallest absolute Gasteiger partial charge is 0.287 e. The summed E-state index contributed by atoms with van der Waals surface area (Å²) in [5.74, 6) is -0.728. The van der Waals surface area contributed by atoms with Gasteiger partial charge in [-0.25, -0.2) is 9.37 Å². The minimum atomic E-state index is -0.349. The van der Waals surface area contributed by atoms with Gasteiger partial charge >= 0.3 is 0 Å². The molecule has 0 bridgehead atoms. The van der Waals surface area contributed by atoms with Crippen LogP contribution in [0.15, 0.2) is 24.3 Å². The number of carbonyl (C=O) groups is 2. The van der Waals surface area contributed by atoms with Crippen molar-refractivity contribution < 1.29 is 18.7 Å². The number of amides is 2. The van der Waals surface area contributed by atoms with Gasteiger partial charge in [-0.2, -0.15) is 0 Å². The van der Waals surface area contributed by atoms with Crippen molar-refractivity contribution in [2.24, 2.45) is 0 Å². The predicted molar refractivity (Wildman–Crippen MR) is 96.9 cm³/mol. The molecule has 2 heterocycles. The van der Waals surface area contributed by atoms with Gasteiger partial charge < -0.3 is 19.9 Å². The molecule has 2 N–H and O–H groups in total. The van der Waals surface area contributed by atoms with Crippen molar-refractivity contribution in [1.29, 1.82) is 0 Å². The molecule has 0 spiro atoms. The number of carbonyl (C=O) groups excluding carboxylic acids is 2. The highest BCUT2D eigenvalue weighted by Crippen LogP contribution is 2.21. The number of aromatic nitrogens is 2. The minimum absolute atomic E-state index is 0.240. The van der Waals surface area contributed by atoms with Gasteiger partial charge in [0.05, 0.1) is 12.3 Å². The molecule has 0 radical (unpaired) electrons. The van der Waals surface area contributed by atoms with E-state index in [9.17, 15) is 14.0 Å². The van der Waals surface area contributed by atoms with Crippen LogP contribution in [0.5, 0.6) is 0 Å². The molecule has 0 saturated carbocycles. The van der Waals surface area contributed by atoms with E-state index in [2.05, 4.69) is 15.6 Å². The maximum absolute atomic E-state index is 13.0. The van der Waals surface area contributed by atoms with Crippen molar-refractivity contribution in [2.75, 3.05) is 20.3 Å². The molecule has 0 saturated heterocycles. The standard InChI is InChI=1S/C19H23FN4O3/c1-27-11-9-21-18(25)16-15-4-2-3-10-24(15)17(23-16)19(26)22-12-13-5-7-14(20)8-6-13/h5-8H,2-4,9-12H2,1H3,(H,21,25)(H,22,26). The second kappa shape index (κ2) is 8.77. The summed E-state index contributed by atoms with van der Waals surface area (Å²) in [5.41, 5.74) is 1.88. The first-order chi connectivity index (χ1) is 13.1. The summed E-state index contributed by atoms with van der Waals surface area (Å²) in [7, 11) is 1.56. The van der Waals surface area contributed by atoms with Gasteiger partial charge in [-0.3, -0.25) is 9.59 Å². The number of methoxy groups -OCH3 is 1. The Hall–Kier alpha value is -2.74. The maximum atomic E-state index is 13.0. The van der Waals surface area contributed by atoms with Gasteiger partial charge in [0.1, 0.15) is 11.5 Å². The van der Waals surface area contributed by atoms with Crippen LogP contribution in [0.2, 0.25) is 0 Å². The number of halogens is 1. The fourth-order valence-corrected chi connectivity index (χ4v) is 3.11. The summed E-state index contributed by atoms with van der Waals surface area (Å²) >= 11 is 0. The average Bonchev–Trinajstić information content (AvgIpc) is 3.07. The molecule has 2 amide bonds. The second-order valence-corrected chi connectivity index (χ2v) is 6.40. The van der Waals surface area contributed by atoms with Crippen LogP contribution in [0.3, 0.4) is 0 Å². The number of imidazole rings is 1. The van der Waals surface area contributed by atoms with Crippen LogP contribution in [-0.4, -0.2) is 41.6 Å². The quantitative estimate of drug-likeness (QED) is 0.722. The van der Waals surface area contributed by atoms with E-state index in [1.54, 1.807) is 19.2 Å². The van der Waals surface area contributed by atoms with Gasteiger partial charge in [-0.15, -0.1) is 0 Å². The lowest BCUT2D eigenvalue weighted by Gasteiger charge is -2.17. The Balaban J connectivity index is 1.74. The van der Waals surface area contributed by atoms with Crippen LogP contribution in [0.4, 0.5) is 4.39 Å². The van der Waals surface area contributed by atoms with Crippen LogP contribution in [0.25, 0.3) is 0 Å². The van der Waals surface area contributed by atoms with Gasteiger partial charge in [0.25, 0.3) is 11.8 Å². The van der Waals surface area contributed by atoms with Crippen LogP contribution in [-0.2, 0) is 24.2 Å². The van der Waals surface area contributed by atoms with E-state index in [-0.39, 0.29) is 30.0 Å². The first-order valence-corrected chi connectivity index (χ1v) is 8.99. The Morgan fingerprint density at radius 2 is 1.96 bits per heavy atom. The molecule has 1 aromatic heterocycles. The molecule has 8 heteroatoms. The number of ether oxygens (including phenoxy) is 1. The van der Waals surface area contributed by atoms with Gasteiger partial charge in [-0.1, -0.05) is 12.1 Å². The third-order valence-corrected chi connectivity index (χ3v) is 4.49. The Morgan fingerprint density at radius 1 is 1.19 bits per heavy atom. The van der Waals surface area contributed by atoms with Crippen LogP contribution in [0.1, 0.15) is 45.2 Å². The Labute approximate surface area is 156 Å². The Morgan fingerprint density at radius 3 is 2.70 bits per heavy atom. The summed E-state index contributed by atoms with van der Waals surface area (Å²) in [4.78, 5) is 29.4. The number of nitrogens with one attached hydrogen (secondary N) is 2. The van der Waals surface area contributed by atoms with E-state index in [1.807, 2.05) is 4.57 Å². The molecule has 1 aliphatic heterocycles. The molecule has 27 heavy (non-hydrogen) atoms. The van der Waals surface area contributed by atoms with Crippen LogP contribution in [0, 0.1) is 5.82 Å². The Kier molecular flexibility index (Phi) is 6.18. The third kappa shape index (κ3) is 4.51. The summed E-state index contributed by atoms with van der Waals surface area (Å²) in [5, 5.41) is 5.55. The highest BCUT2D eigenvalue weighted by atomic mass is 19.1. The van der Waals surface area contributed by atoms with E-state index in [4.69, 9.17) is 4.74 Å². The van der Waals surface area contributed by atoms with Gasteiger partial charge in [0, 0.05) is 26.7 Å². The molecule has 0 fully saturated rings. The maximum Gasteiger partial charge on any atom is 0.287 e. The van der Waals surface area contributed by atoms with Crippen LogP contribution < -0.4 is 10.6 Å². The van der Waals surface area contributed by atoms with Crippen molar-refractivity contribution in [3.05, 3.63) is 52.9 Å². The van der Waals surface area contributed by atoms with E-state index in [1.165, 1.54) is 12.1 Å². The first kappa shape index (κ1) is 19.0. The molecule has 7 nitrogen and oxygen atoms in total. The second-order valence-electron chi connectivity index (χ2n) is 6.40. The van der Waals surface area contributed by atoms with Crippen molar-refractivity contribution >= 4 is 11.8 Å². The third-order valence-electron chi connectivity index (χ3n) is 4.49. The molecule has 0 aliphatic carbocycles. The van der Waals surface area contributed by atoms with Gasteiger partial charge in [0.15, 0.2) is 5.82 Å².